The lowest BCUT2D eigenvalue weighted by Gasteiger charge is -2.32. The van der Waals surface area contributed by atoms with Gasteiger partial charge in [0.2, 0.25) is 0 Å². The van der Waals surface area contributed by atoms with Crippen LogP contribution in [0.25, 0.3) is 0 Å². The Morgan fingerprint density at radius 3 is 2.42 bits per heavy atom. The van der Waals surface area contributed by atoms with Crippen LogP contribution in [0.3, 0.4) is 0 Å². The van der Waals surface area contributed by atoms with Gasteiger partial charge in [-0.15, -0.1) is 0 Å². The molecule has 1 aliphatic heterocycles. The second-order valence-electron chi connectivity index (χ2n) is 5.46. The fourth-order valence-corrected chi connectivity index (χ4v) is 2.65. The summed E-state index contributed by atoms with van der Waals surface area (Å²) in [5.74, 6) is -0.596. The molecule has 128 valence electrons. The fraction of sp³-hybridized carbons (Fsp3) is 0.429. The van der Waals surface area contributed by atoms with Crippen LogP contribution in [0.1, 0.15) is 35.1 Å². The predicted octanol–water partition coefficient (Wildman–Crippen LogP) is 2.23. The summed E-state index contributed by atoms with van der Waals surface area (Å²) >= 11 is 0. The number of hydrogen-bond acceptors (Lipinski definition) is 5. The van der Waals surface area contributed by atoms with Crippen LogP contribution in [-0.2, 0) is 6.18 Å². The Labute approximate surface area is 134 Å². The maximum atomic E-state index is 12.6. The Balaban J connectivity index is 1.63. The van der Waals surface area contributed by atoms with Crippen molar-refractivity contribution in [2.24, 2.45) is 0 Å². The largest absolute Gasteiger partial charge is 0.476 e. The molecular formula is C14H14F3N5O2. The summed E-state index contributed by atoms with van der Waals surface area (Å²) in [6.07, 6.45) is 0.715. The number of hydrogen-bond donors (Lipinski definition) is 1. The Morgan fingerprint density at radius 1 is 1.21 bits per heavy atom. The Bertz CT molecular complexity index is 721. The summed E-state index contributed by atoms with van der Waals surface area (Å²) in [7, 11) is 0. The number of aromatic nitrogens is 4. The quantitative estimate of drug-likeness (QED) is 0.922. The second-order valence-corrected chi connectivity index (χ2v) is 5.46. The lowest BCUT2D eigenvalue weighted by atomic mass is 10.1. The van der Waals surface area contributed by atoms with Crippen LogP contribution in [0.5, 0.6) is 0 Å². The summed E-state index contributed by atoms with van der Waals surface area (Å²) in [6.45, 7) is 1.15. The molecule has 0 aliphatic carbocycles. The van der Waals surface area contributed by atoms with Gasteiger partial charge in [-0.2, -0.15) is 18.3 Å². The van der Waals surface area contributed by atoms with Crippen LogP contribution in [0.4, 0.5) is 19.0 Å². The molecular weight excluding hydrogens is 327 g/mol. The van der Waals surface area contributed by atoms with Crippen molar-refractivity contribution < 1.29 is 23.1 Å². The molecule has 0 aromatic carbocycles. The molecule has 0 radical (unpaired) electrons. The van der Waals surface area contributed by atoms with E-state index in [0.29, 0.717) is 31.7 Å². The van der Waals surface area contributed by atoms with Crippen molar-refractivity contribution in [2.75, 3.05) is 18.0 Å². The lowest BCUT2D eigenvalue weighted by molar-refractivity contribution is -0.141. The van der Waals surface area contributed by atoms with Crippen LogP contribution in [0.15, 0.2) is 24.7 Å². The molecule has 0 bridgehead atoms. The van der Waals surface area contributed by atoms with E-state index in [4.69, 9.17) is 5.11 Å². The molecule has 1 fully saturated rings. The third-order valence-electron chi connectivity index (χ3n) is 3.92. The molecule has 0 amide bonds. The van der Waals surface area contributed by atoms with E-state index in [1.54, 1.807) is 0 Å². The highest BCUT2D eigenvalue weighted by molar-refractivity contribution is 5.84. The SMILES string of the molecule is O=C(O)c1cnc(N2CCC(n3ccc(C(F)(F)F)n3)CC2)cn1. The topological polar surface area (TPSA) is 84.1 Å². The summed E-state index contributed by atoms with van der Waals surface area (Å²) in [6, 6.07) is 0.867. The average Bonchev–Trinajstić information content (AvgIpc) is 3.05. The molecule has 0 atom stereocenters. The summed E-state index contributed by atoms with van der Waals surface area (Å²) in [5, 5.41) is 12.4. The lowest BCUT2D eigenvalue weighted by Crippen LogP contribution is -2.35. The first kappa shape index (κ1) is 16.2. The van der Waals surface area contributed by atoms with Gasteiger partial charge in [0.05, 0.1) is 18.4 Å². The number of rotatable bonds is 3. The van der Waals surface area contributed by atoms with Gasteiger partial charge >= 0.3 is 12.1 Å². The van der Waals surface area contributed by atoms with Gasteiger partial charge in [0.15, 0.2) is 11.4 Å². The van der Waals surface area contributed by atoms with E-state index >= 15 is 0 Å². The number of carbonyl (C=O) groups is 1. The van der Waals surface area contributed by atoms with Gasteiger partial charge in [0, 0.05) is 19.3 Å². The fourth-order valence-electron chi connectivity index (χ4n) is 2.65. The molecule has 1 N–H and O–H groups in total. The number of alkyl halides is 3. The van der Waals surface area contributed by atoms with Gasteiger partial charge in [0.25, 0.3) is 0 Å². The van der Waals surface area contributed by atoms with Crippen molar-refractivity contribution in [3.05, 3.63) is 36.0 Å². The number of carboxylic acid groups (broad SMARTS) is 1. The van der Waals surface area contributed by atoms with Crippen molar-refractivity contribution in [1.82, 2.24) is 19.7 Å². The molecule has 3 heterocycles. The summed E-state index contributed by atoms with van der Waals surface area (Å²) in [4.78, 5) is 20.6. The number of carboxylic acids is 1. The van der Waals surface area contributed by atoms with Crippen molar-refractivity contribution in [1.29, 1.82) is 0 Å². The highest BCUT2D eigenvalue weighted by Gasteiger charge is 2.34. The predicted molar refractivity (Wildman–Crippen MR) is 76.7 cm³/mol. The van der Waals surface area contributed by atoms with E-state index in [9.17, 15) is 18.0 Å². The number of halogens is 3. The normalized spacial score (nSPS) is 16.4. The van der Waals surface area contributed by atoms with Gasteiger partial charge in [-0.1, -0.05) is 0 Å². The first-order chi connectivity index (χ1) is 11.3. The van der Waals surface area contributed by atoms with Crippen molar-refractivity contribution >= 4 is 11.8 Å². The number of anilines is 1. The molecule has 0 spiro atoms. The molecule has 2 aromatic rings. The molecule has 24 heavy (non-hydrogen) atoms. The minimum absolute atomic E-state index is 0.108. The molecule has 1 saturated heterocycles. The Hall–Kier alpha value is -2.65. The highest BCUT2D eigenvalue weighted by Crippen LogP contribution is 2.30. The second kappa shape index (κ2) is 6.10. The number of nitrogens with zero attached hydrogens (tertiary/aromatic N) is 5. The maximum Gasteiger partial charge on any atom is 0.435 e. The zero-order valence-corrected chi connectivity index (χ0v) is 12.4. The third kappa shape index (κ3) is 3.31. The summed E-state index contributed by atoms with van der Waals surface area (Å²) < 4.78 is 39.2. The third-order valence-corrected chi connectivity index (χ3v) is 3.92. The van der Waals surface area contributed by atoms with Crippen molar-refractivity contribution in [3.63, 3.8) is 0 Å². The van der Waals surface area contributed by atoms with Crippen LogP contribution in [-0.4, -0.2) is 43.9 Å². The molecule has 1 aliphatic rings. The number of aromatic carboxylic acids is 1. The van der Waals surface area contributed by atoms with Crippen LogP contribution in [0, 0.1) is 0 Å². The molecule has 0 saturated carbocycles. The van der Waals surface area contributed by atoms with E-state index in [0.717, 1.165) is 6.07 Å². The molecule has 10 heteroatoms. The van der Waals surface area contributed by atoms with Crippen molar-refractivity contribution in [3.8, 4) is 0 Å². The zero-order valence-electron chi connectivity index (χ0n) is 12.4. The van der Waals surface area contributed by atoms with Gasteiger partial charge in [0.1, 0.15) is 5.82 Å². The monoisotopic (exact) mass is 341 g/mol. The van der Waals surface area contributed by atoms with E-state index in [-0.39, 0.29) is 11.7 Å². The minimum Gasteiger partial charge on any atom is -0.476 e. The van der Waals surface area contributed by atoms with Crippen LogP contribution >= 0.6 is 0 Å². The Morgan fingerprint density at radius 2 is 1.92 bits per heavy atom. The van der Waals surface area contributed by atoms with Gasteiger partial charge in [-0.25, -0.2) is 14.8 Å². The van der Waals surface area contributed by atoms with Crippen LogP contribution < -0.4 is 4.90 Å². The standard InChI is InChI=1S/C14H14F3N5O2/c15-14(16,17)11-3-6-22(20-11)9-1-4-21(5-2-9)12-8-18-10(7-19-12)13(23)24/h3,6-9H,1-2,4-5H2,(H,23,24). The van der Waals surface area contributed by atoms with E-state index in [1.807, 2.05) is 4.90 Å². The molecule has 7 nitrogen and oxygen atoms in total. The average molecular weight is 341 g/mol. The molecule has 3 rings (SSSR count). The van der Waals surface area contributed by atoms with Crippen LogP contribution in [0.2, 0.25) is 0 Å². The van der Waals surface area contributed by atoms with E-state index < -0.39 is 17.8 Å². The number of piperidine rings is 1. The van der Waals surface area contributed by atoms with Gasteiger partial charge in [-0.05, 0) is 18.9 Å². The first-order valence-electron chi connectivity index (χ1n) is 7.27. The first-order valence-corrected chi connectivity index (χ1v) is 7.27. The van der Waals surface area contributed by atoms with E-state index in [2.05, 4.69) is 15.1 Å². The maximum absolute atomic E-state index is 12.6. The van der Waals surface area contributed by atoms with Gasteiger partial charge in [-0.3, -0.25) is 4.68 Å². The van der Waals surface area contributed by atoms with Gasteiger partial charge < -0.3 is 10.0 Å². The minimum atomic E-state index is -4.44. The molecule has 2 aromatic heterocycles. The smallest absolute Gasteiger partial charge is 0.435 e. The zero-order chi connectivity index (χ0) is 17.3. The molecule has 0 unspecified atom stereocenters. The Kier molecular flexibility index (Phi) is 4.12. The highest BCUT2D eigenvalue weighted by atomic mass is 19.4. The van der Waals surface area contributed by atoms with Crippen molar-refractivity contribution in [2.45, 2.75) is 25.1 Å². The van der Waals surface area contributed by atoms with E-state index in [1.165, 1.54) is 23.3 Å². The summed E-state index contributed by atoms with van der Waals surface area (Å²) in [5.41, 5.74) is -1.02.